The number of nitrogens with one attached hydrogen (secondary N) is 1. The molecule has 0 heterocycles. The average molecular weight is 330 g/mol. The summed E-state index contributed by atoms with van der Waals surface area (Å²) in [5, 5.41) is 3.66. The Labute approximate surface area is 151 Å². The molecule has 1 heteroatoms. The van der Waals surface area contributed by atoms with Gasteiger partial charge in [-0.2, -0.15) is 0 Å². The second kappa shape index (κ2) is 10.6. The minimum absolute atomic E-state index is 0.461. The molecule has 1 nitrogen and oxygen atoms in total. The van der Waals surface area contributed by atoms with E-state index in [4.69, 9.17) is 0 Å². The molecule has 0 aromatic rings. The van der Waals surface area contributed by atoms with Crippen LogP contribution in [-0.2, 0) is 0 Å². The van der Waals surface area contributed by atoms with Gasteiger partial charge in [0.2, 0.25) is 0 Å². The first kappa shape index (κ1) is 20.8. The van der Waals surface area contributed by atoms with Crippen molar-refractivity contribution in [2.75, 3.05) is 0 Å². The second-order valence-electron chi connectivity index (χ2n) is 8.10. The summed E-state index contributed by atoms with van der Waals surface area (Å²) < 4.78 is 0. The lowest BCUT2D eigenvalue weighted by atomic mass is 9.83. The molecule has 1 unspecified atom stereocenters. The van der Waals surface area contributed by atoms with E-state index in [1.54, 1.807) is 11.1 Å². The van der Waals surface area contributed by atoms with Gasteiger partial charge in [0.25, 0.3) is 0 Å². The van der Waals surface area contributed by atoms with Gasteiger partial charge in [0.05, 0.1) is 6.04 Å². The van der Waals surface area contributed by atoms with Gasteiger partial charge >= 0.3 is 0 Å². The molecule has 136 valence electrons. The van der Waals surface area contributed by atoms with Gasteiger partial charge in [-0.1, -0.05) is 50.5 Å². The third-order valence-corrected chi connectivity index (χ3v) is 5.30. The van der Waals surface area contributed by atoms with Crippen molar-refractivity contribution in [3.63, 3.8) is 0 Å². The van der Waals surface area contributed by atoms with Crippen LogP contribution >= 0.6 is 0 Å². The highest BCUT2D eigenvalue weighted by molar-refractivity contribution is 5.37. The molecule has 1 aliphatic carbocycles. The highest BCUT2D eigenvalue weighted by atomic mass is 14.9. The highest BCUT2D eigenvalue weighted by Gasteiger charge is 2.21. The fourth-order valence-electron chi connectivity index (χ4n) is 3.33. The van der Waals surface area contributed by atoms with E-state index in [1.807, 2.05) is 6.08 Å². The normalized spacial score (nSPS) is 19.1. The van der Waals surface area contributed by atoms with E-state index in [-0.39, 0.29) is 0 Å². The molecule has 0 saturated carbocycles. The van der Waals surface area contributed by atoms with Crippen LogP contribution in [0.15, 0.2) is 47.2 Å². The molecule has 0 fully saturated rings. The number of rotatable bonds is 10. The Bertz CT molecular complexity index is 486. The first-order valence-electron chi connectivity index (χ1n) is 9.74. The summed E-state index contributed by atoms with van der Waals surface area (Å²) in [7, 11) is 0. The van der Waals surface area contributed by atoms with Crippen molar-refractivity contribution in [2.24, 2.45) is 11.8 Å². The van der Waals surface area contributed by atoms with Gasteiger partial charge in [0, 0.05) is 0 Å². The second-order valence-corrected chi connectivity index (χ2v) is 8.10. The summed E-state index contributed by atoms with van der Waals surface area (Å²) in [4.78, 5) is 0. The predicted octanol–water partition coefficient (Wildman–Crippen LogP) is 6.94. The number of hydrogen-bond donors (Lipinski definition) is 1. The van der Waals surface area contributed by atoms with Crippen LogP contribution in [0.5, 0.6) is 0 Å². The van der Waals surface area contributed by atoms with Crippen molar-refractivity contribution < 1.29 is 0 Å². The SMILES string of the molecule is C=CCCC1=C(C)C=C(CCC[C@H](C)C(C)C)CC1NC=C(C)C. The molecule has 0 amide bonds. The van der Waals surface area contributed by atoms with E-state index in [1.165, 1.54) is 30.4 Å². The van der Waals surface area contributed by atoms with E-state index < -0.39 is 0 Å². The zero-order chi connectivity index (χ0) is 18.1. The van der Waals surface area contributed by atoms with Gasteiger partial charge in [-0.25, -0.2) is 0 Å². The Kier molecular flexibility index (Phi) is 9.18. The van der Waals surface area contributed by atoms with Gasteiger partial charge in [0.1, 0.15) is 0 Å². The van der Waals surface area contributed by atoms with Crippen molar-refractivity contribution in [3.8, 4) is 0 Å². The van der Waals surface area contributed by atoms with Gasteiger partial charge < -0.3 is 5.32 Å². The maximum atomic E-state index is 3.89. The molecule has 0 radical (unpaired) electrons. The van der Waals surface area contributed by atoms with Crippen molar-refractivity contribution in [1.29, 1.82) is 0 Å². The lowest BCUT2D eigenvalue weighted by molar-refractivity contribution is 0.381. The third kappa shape index (κ3) is 7.11. The predicted molar refractivity (Wildman–Crippen MR) is 109 cm³/mol. The number of hydrogen-bond acceptors (Lipinski definition) is 1. The van der Waals surface area contributed by atoms with Crippen LogP contribution in [0.1, 0.15) is 80.1 Å². The Hall–Kier alpha value is -1.24. The molecule has 0 aromatic carbocycles. The van der Waals surface area contributed by atoms with Gasteiger partial charge in [-0.15, -0.1) is 6.58 Å². The first-order chi connectivity index (χ1) is 11.3. The summed E-state index contributed by atoms with van der Waals surface area (Å²) in [6, 6.07) is 0.461. The van der Waals surface area contributed by atoms with Crippen LogP contribution in [0.2, 0.25) is 0 Å². The molecule has 0 spiro atoms. The van der Waals surface area contributed by atoms with Crippen molar-refractivity contribution in [1.82, 2.24) is 5.32 Å². The van der Waals surface area contributed by atoms with Gasteiger partial charge in [0.15, 0.2) is 0 Å². The van der Waals surface area contributed by atoms with Crippen molar-refractivity contribution in [2.45, 2.75) is 86.1 Å². The molecule has 0 saturated heterocycles. The molecule has 1 aliphatic rings. The summed E-state index contributed by atoms with van der Waals surface area (Å²) in [5.41, 5.74) is 5.98. The van der Waals surface area contributed by atoms with Crippen LogP contribution in [0.25, 0.3) is 0 Å². The van der Waals surface area contributed by atoms with E-state index in [0.717, 1.165) is 31.1 Å². The van der Waals surface area contributed by atoms with Gasteiger partial charge in [-0.05, 0) is 82.1 Å². The molecule has 0 aliphatic heterocycles. The summed E-state index contributed by atoms with van der Waals surface area (Å²) in [5.74, 6) is 1.62. The zero-order valence-electron chi connectivity index (χ0n) is 16.9. The van der Waals surface area contributed by atoms with Crippen LogP contribution in [0.3, 0.4) is 0 Å². The first-order valence-corrected chi connectivity index (χ1v) is 9.74. The van der Waals surface area contributed by atoms with E-state index >= 15 is 0 Å². The largest absolute Gasteiger partial charge is 0.384 e. The smallest absolute Gasteiger partial charge is 0.0511 e. The fourth-order valence-corrected chi connectivity index (χ4v) is 3.33. The average Bonchev–Trinajstić information content (AvgIpc) is 2.51. The summed E-state index contributed by atoms with van der Waals surface area (Å²) in [6.45, 7) is 17.5. The quantitative estimate of drug-likeness (QED) is 0.428. The maximum Gasteiger partial charge on any atom is 0.0511 e. The molecule has 1 N–H and O–H groups in total. The zero-order valence-corrected chi connectivity index (χ0v) is 16.9. The van der Waals surface area contributed by atoms with E-state index in [0.29, 0.717) is 6.04 Å². The lowest BCUT2D eigenvalue weighted by Crippen LogP contribution is -2.30. The van der Waals surface area contributed by atoms with Crippen molar-refractivity contribution >= 4 is 0 Å². The van der Waals surface area contributed by atoms with E-state index in [9.17, 15) is 0 Å². The Balaban J connectivity index is 2.75. The summed E-state index contributed by atoms with van der Waals surface area (Å²) >= 11 is 0. The molecule has 0 aromatic heterocycles. The summed E-state index contributed by atoms with van der Waals surface area (Å²) in [6.07, 6.45) is 13.9. The maximum absolute atomic E-state index is 3.89. The monoisotopic (exact) mass is 329 g/mol. The highest BCUT2D eigenvalue weighted by Crippen LogP contribution is 2.31. The van der Waals surface area contributed by atoms with Crippen LogP contribution in [0, 0.1) is 11.8 Å². The van der Waals surface area contributed by atoms with Crippen LogP contribution in [0.4, 0.5) is 0 Å². The van der Waals surface area contributed by atoms with Crippen LogP contribution < -0.4 is 5.32 Å². The van der Waals surface area contributed by atoms with E-state index in [2.05, 4.69) is 65.7 Å². The minimum Gasteiger partial charge on any atom is -0.384 e. The van der Waals surface area contributed by atoms with Gasteiger partial charge in [-0.3, -0.25) is 0 Å². The third-order valence-electron chi connectivity index (χ3n) is 5.30. The molecule has 0 bridgehead atoms. The van der Waals surface area contributed by atoms with Crippen molar-refractivity contribution in [3.05, 3.63) is 47.2 Å². The Morgan fingerprint density at radius 1 is 1.29 bits per heavy atom. The Morgan fingerprint density at radius 3 is 2.58 bits per heavy atom. The Morgan fingerprint density at radius 2 is 2.00 bits per heavy atom. The number of allylic oxidation sites excluding steroid dienone is 4. The lowest BCUT2D eigenvalue weighted by Gasteiger charge is -2.29. The fraction of sp³-hybridized carbons (Fsp3) is 0.652. The molecular weight excluding hydrogens is 290 g/mol. The molecular formula is C23H39N. The molecule has 2 atom stereocenters. The molecule has 24 heavy (non-hydrogen) atoms. The minimum atomic E-state index is 0.461. The standard InChI is InChI=1S/C23H39N/c1-8-9-13-22-20(7)14-21(12-10-11-19(6)18(4)5)15-23(22)24-16-17(2)3/h8,14,16,18-19,23-24H,1,9-13,15H2,2-7H3/t19-,23?/m0/s1. The van der Waals surface area contributed by atoms with Crippen LogP contribution in [-0.4, -0.2) is 6.04 Å². The molecule has 1 rings (SSSR count). The topological polar surface area (TPSA) is 12.0 Å².